The first-order chi connectivity index (χ1) is 7.29. The second kappa shape index (κ2) is 7.37. The summed E-state index contributed by atoms with van der Waals surface area (Å²) in [4.78, 5) is 6.48. The van der Waals surface area contributed by atoms with Crippen LogP contribution in [0.3, 0.4) is 0 Å². The van der Waals surface area contributed by atoms with E-state index in [1.54, 1.807) is 0 Å². The largest absolute Gasteiger partial charge is 0.311 e. The lowest BCUT2D eigenvalue weighted by molar-refractivity contribution is 0.391. The smallest absolute Gasteiger partial charge is 0.0541 e. The maximum atomic E-state index is 4.25. The molecule has 0 saturated heterocycles. The van der Waals surface area contributed by atoms with Crippen molar-refractivity contribution in [3.05, 3.63) is 30.1 Å². The zero-order chi connectivity index (χ0) is 10.9. The first-order valence-electron chi connectivity index (χ1n) is 5.54. The van der Waals surface area contributed by atoms with Gasteiger partial charge in [-0.05, 0) is 52.2 Å². The van der Waals surface area contributed by atoms with Gasteiger partial charge >= 0.3 is 0 Å². The van der Waals surface area contributed by atoms with Crippen molar-refractivity contribution in [1.82, 2.24) is 15.2 Å². The Morgan fingerprint density at radius 2 is 2.13 bits per heavy atom. The highest BCUT2D eigenvalue weighted by Crippen LogP contribution is 1.93. The second-order valence-electron chi connectivity index (χ2n) is 4.01. The molecule has 0 unspecified atom stereocenters. The van der Waals surface area contributed by atoms with E-state index < -0.39 is 0 Å². The number of rotatable bonds is 7. The van der Waals surface area contributed by atoms with E-state index in [1.165, 1.54) is 19.4 Å². The fourth-order valence-corrected chi connectivity index (χ4v) is 1.40. The third-order valence-electron chi connectivity index (χ3n) is 2.24. The van der Waals surface area contributed by atoms with Gasteiger partial charge in [0.2, 0.25) is 0 Å². The zero-order valence-electron chi connectivity index (χ0n) is 9.74. The lowest BCUT2D eigenvalue weighted by Crippen LogP contribution is -2.18. The molecular weight excluding hydrogens is 186 g/mol. The number of pyridine rings is 1. The Labute approximate surface area is 92.5 Å². The van der Waals surface area contributed by atoms with Gasteiger partial charge in [0.15, 0.2) is 0 Å². The highest BCUT2D eigenvalue weighted by atomic mass is 15.0. The molecule has 0 aliphatic carbocycles. The fourth-order valence-electron chi connectivity index (χ4n) is 1.40. The molecule has 1 aromatic rings. The van der Waals surface area contributed by atoms with Crippen LogP contribution in [-0.2, 0) is 6.54 Å². The van der Waals surface area contributed by atoms with Crippen molar-refractivity contribution >= 4 is 0 Å². The molecule has 15 heavy (non-hydrogen) atoms. The Morgan fingerprint density at radius 1 is 1.27 bits per heavy atom. The minimum Gasteiger partial charge on any atom is -0.311 e. The molecule has 0 fully saturated rings. The van der Waals surface area contributed by atoms with Crippen LogP contribution in [0, 0.1) is 0 Å². The van der Waals surface area contributed by atoms with Gasteiger partial charge in [-0.3, -0.25) is 4.98 Å². The van der Waals surface area contributed by atoms with E-state index in [1.807, 2.05) is 24.4 Å². The predicted molar refractivity (Wildman–Crippen MR) is 63.7 cm³/mol. The van der Waals surface area contributed by atoms with Crippen LogP contribution in [0.1, 0.15) is 18.5 Å². The van der Waals surface area contributed by atoms with E-state index >= 15 is 0 Å². The molecule has 0 amide bonds. The number of hydrogen-bond donors (Lipinski definition) is 1. The second-order valence-corrected chi connectivity index (χ2v) is 4.01. The minimum atomic E-state index is 0.878. The summed E-state index contributed by atoms with van der Waals surface area (Å²) in [6, 6.07) is 6.02. The number of nitrogens with zero attached hydrogens (tertiary/aromatic N) is 2. The monoisotopic (exact) mass is 207 g/mol. The summed E-state index contributed by atoms with van der Waals surface area (Å²) < 4.78 is 0. The summed E-state index contributed by atoms with van der Waals surface area (Å²) >= 11 is 0. The van der Waals surface area contributed by atoms with Gasteiger partial charge in [0.25, 0.3) is 0 Å². The van der Waals surface area contributed by atoms with E-state index in [9.17, 15) is 0 Å². The quantitative estimate of drug-likeness (QED) is 0.687. The third-order valence-corrected chi connectivity index (χ3v) is 2.24. The average Bonchev–Trinajstić information content (AvgIpc) is 2.24. The van der Waals surface area contributed by atoms with E-state index in [0.717, 1.165) is 18.8 Å². The highest BCUT2D eigenvalue weighted by molar-refractivity contribution is 5.02. The minimum absolute atomic E-state index is 0.878. The number of unbranched alkanes of at least 4 members (excludes halogenated alkanes) is 1. The van der Waals surface area contributed by atoms with Crippen LogP contribution in [0.4, 0.5) is 0 Å². The number of hydrogen-bond acceptors (Lipinski definition) is 3. The SMILES string of the molecule is CN(C)CCCCNCc1ccccn1. The van der Waals surface area contributed by atoms with E-state index in [2.05, 4.69) is 29.3 Å². The molecule has 0 radical (unpaired) electrons. The summed E-state index contributed by atoms with van der Waals surface area (Å²) in [7, 11) is 4.22. The lowest BCUT2D eigenvalue weighted by atomic mass is 10.3. The molecule has 84 valence electrons. The van der Waals surface area contributed by atoms with E-state index in [4.69, 9.17) is 0 Å². The Bertz CT molecular complexity index is 246. The topological polar surface area (TPSA) is 28.2 Å². The van der Waals surface area contributed by atoms with Gasteiger partial charge in [-0.2, -0.15) is 0 Å². The van der Waals surface area contributed by atoms with Crippen molar-refractivity contribution in [3.63, 3.8) is 0 Å². The Kier molecular flexibility index (Phi) is 5.97. The maximum absolute atomic E-state index is 4.25. The maximum Gasteiger partial charge on any atom is 0.0541 e. The van der Waals surface area contributed by atoms with Gasteiger partial charge in [0.05, 0.1) is 5.69 Å². The summed E-state index contributed by atoms with van der Waals surface area (Å²) in [6.07, 6.45) is 4.32. The van der Waals surface area contributed by atoms with E-state index in [-0.39, 0.29) is 0 Å². The van der Waals surface area contributed by atoms with Gasteiger partial charge in [0, 0.05) is 12.7 Å². The Morgan fingerprint density at radius 3 is 2.80 bits per heavy atom. The van der Waals surface area contributed by atoms with Crippen molar-refractivity contribution in [2.45, 2.75) is 19.4 Å². The summed E-state index contributed by atoms with van der Waals surface area (Å²) in [5.41, 5.74) is 1.12. The average molecular weight is 207 g/mol. The van der Waals surface area contributed by atoms with Gasteiger partial charge in [-0.1, -0.05) is 6.07 Å². The fraction of sp³-hybridized carbons (Fsp3) is 0.583. The van der Waals surface area contributed by atoms with Crippen LogP contribution in [0.2, 0.25) is 0 Å². The first kappa shape index (κ1) is 12.1. The van der Waals surface area contributed by atoms with Gasteiger partial charge < -0.3 is 10.2 Å². The lowest BCUT2D eigenvalue weighted by Gasteiger charge is -2.09. The van der Waals surface area contributed by atoms with Gasteiger partial charge in [-0.15, -0.1) is 0 Å². The van der Waals surface area contributed by atoms with Crippen LogP contribution < -0.4 is 5.32 Å². The molecule has 0 atom stereocenters. The summed E-state index contributed by atoms with van der Waals surface area (Å²) in [5, 5.41) is 3.39. The van der Waals surface area contributed by atoms with Crippen LogP contribution in [0.5, 0.6) is 0 Å². The van der Waals surface area contributed by atoms with Crippen LogP contribution in [0.15, 0.2) is 24.4 Å². The molecule has 1 rings (SSSR count). The standard InChI is InChI=1S/C12H21N3/c1-15(2)10-6-5-8-13-11-12-7-3-4-9-14-12/h3-4,7,9,13H,5-6,8,10-11H2,1-2H3. The van der Waals surface area contributed by atoms with Crippen LogP contribution in [0.25, 0.3) is 0 Å². The molecule has 1 N–H and O–H groups in total. The van der Waals surface area contributed by atoms with Crippen molar-refractivity contribution < 1.29 is 0 Å². The normalized spacial score (nSPS) is 10.9. The molecule has 0 aliphatic rings. The van der Waals surface area contributed by atoms with Gasteiger partial charge in [-0.25, -0.2) is 0 Å². The number of nitrogens with one attached hydrogen (secondary N) is 1. The van der Waals surface area contributed by atoms with Gasteiger partial charge in [0.1, 0.15) is 0 Å². The Balaban J connectivity index is 1.98. The zero-order valence-corrected chi connectivity index (χ0v) is 9.74. The Hall–Kier alpha value is -0.930. The predicted octanol–water partition coefficient (Wildman–Crippen LogP) is 1.51. The molecule has 0 saturated carbocycles. The number of aromatic nitrogens is 1. The van der Waals surface area contributed by atoms with Crippen molar-refractivity contribution in [3.8, 4) is 0 Å². The summed E-state index contributed by atoms with van der Waals surface area (Å²) in [5.74, 6) is 0. The highest BCUT2D eigenvalue weighted by Gasteiger charge is 1.93. The molecule has 3 nitrogen and oxygen atoms in total. The molecule has 1 aromatic heterocycles. The molecule has 3 heteroatoms. The van der Waals surface area contributed by atoms with Crippen LogP contribution in [-0.4, -0.2) is 37.1 Å². The molecule has 0 spiro atoms. The third kappa shape index (κ3) is 6.20. The summed E-state index contributed by atoms with van der Waals surface area (Å²) in [6.45, 7) is 3.12. The molecule has 1 heterocycles. The molecule has 0 aromatic carbocycles. The molecule has 0 aliphatic heterocycles. The molecule has 0 bridgehead atoms. The molecular formula is C12H21N3. The van der Waals surface area contributed by atoms with E-state index in [0.29, 0.717) is 0 Å². The van der Waals surface area contributed by atoms with Crippen LogP contribution >= 0.6 is 0 Å². The first-order valence-corrected chi connectivity index (χ1v) is 5.54. The van der Waals surface area contributed by atoms with Crippen molar-refractivity contribution in [2.75, 3.05) is 27.2 Å². The van der Waals surface area contributed by atoms with Crippen molar-refractivity contribution in [2.24, 2.45) is 0 Å². The van der Waals surface area contributed by atoms with Crippen molar-refractivity contribution in [1.29, 1.82) is 0 Å².